The molecule has 0 aliphatic carbocycles. The smallest absolute Gasteiger partial charge is 0.242 e. The number of benzene rings is 2. The van der Waals surface area contributed by atoms with Crippen LogP contribution in [0.15, 0.2) is 54.6 Å². The maximum absolute atomic E-state index is 12.4. The second kappa shape index (κ2) is 7.56. The van der Waals surface area contributed by atoms with Crippen molar-refractivity contribution in [3.05, 3.63) is 65.2 Å². The van der Waals surface area contributed by atoms with E-state index in [1.807, 2.05) is 42.5 Å². The normalized spacial score (nSPS) is 13.4. The maximum atomic E-state index is 12.4. The van der Waals surface area contributed by atoms with Gasteiger partial charge in [-0.25, -0.2) is 0 Å². The van der Waals surface area contributed by atoms with Gasteiger partial charge in [0.05, 0.1) is 0 Å². The third-order valence-electron chi connectivity index (χ3n) is 3.44. The molecule has 0 spiro atoms. The molecule has 2 atom stereocenters. The highest BCUT2D eigenvalue weighted by Gasteiger charge is 2.24. The van der Waals surface area contributed by atoms with Crippen LogP contribution in [0.25, 0.3) is 0 Å². The van der Waals surface area contributed by atoms with Gasteiger partial charge in [0.15, 0.2) is 0 Å². The first-order chi connectivity index (χ1) is 10.5. The Hall–Kier alpha value is -1.65. The number of amides is 1. The van der Waals surface area contributed by atoms with Crippen LogP contribution in [0, 0.1) is 0 Å². The second-order valence-electron chi connectivity index (χ2n) is 5.03. The molecular formula is C17H18ClNO2S. The second-order valence-corrected chi connectivity index (χ2v) is 7.22. The zero-order valence-electron chi connectivity index (χ0n) is 12.5. The van der Waals surface area contributed by atoms with Gasteiger partial charge < -0.3 is 4.90 Å². The van der Waals surface area contributed by atoms with Crippen molar-refractivity contribution in [2.24, 2.45) is 0 Å². The van der Waals surface area contributed by atoms with Crippen LogP contribution < -0.4 is 4.90 Å². The van der Waals surface area contributed by atoms with E-state index in [1.165, 1.54) is 0 Å². The lowest BCUT2D eigenvalue weighted by atomic mass is 10.2. The average Bonchev–Trinajstić information content (AvgIpc) is 2.55. The van der Waals surface area contributed by atoms with Crippen molar-refractivity contribution in [1.29, 1.82) is 0 Å². The molecule has 2 aromatic rings. The molecule has 2 aromatic carbocycles. The van der Waals surface area contributed by atoms with Crippen LogP contribution in [0.2, 0.25) is 5.02 Å². The van der Waals surface area contributed by atoms with Crippen molar-refractivity contribution in [3.8, 4) is 0 Å². The van der Waals surface area contributed by atoms with Gasteiger partial charge in [-0.2, -0.15) is 0 Å². The Morgan fingerprint density at radius 2 is 1.73 bits per heavy atom. The summed E-state index contributed by atoms with van der Waals surface area (Å²) in [4.78, 5) is 14.0. The Morgan fingerprint density at radius 1 is 1.14 bits per heavy atom. The molecule has 0 fully saturated rings. The standard InChI is InChI=1S/C17H18ClNO2S/c1-13(17(20)19(2)16-6-4-3-5-7-16)22(21)12-14-8-10-15(18)11-9-14/h3-11,13H,12H2,1-2H3/t13-,22+/m1/s1. The lowest BCUT2D eigenvalue weighted by Crippen LogP contribution is -2.37. The fraction of sp³-hybridized carbons (Fsp3) is 0.235. The van der Waals surface area contributed by atoms with Crippen molar-refractivity contribution in [2.75, 3.05) is 11.9 Å². The minimum atomic E-state index is -1.28. The van der Waals surface area contributed by atoms with E-state index in [0.29, 0.717) is 10.8 Å². The monoisotopic (exact) mass is 335 g/mol. The summed E-state index contributed by atoms with van der Waals surface area (Å²) in [7, 11) is 0.421. The van der Waals surface area contributed by atoms with Crippen LogP contribution in [0.3, 0.4) is 0 Å². The van der Waals surface area contributed by atoms with E-state index >= 15 is 0 Å². The first-order valence-electron chi connectivity index (χ1n) is 6.93. The lowest BCUT2D eigenvalue weighted by Gasteiger charge is -2.21. The zero-order chi connectivity index (χ0) is 16.1. The van der Waals surface area contributed by atoms with Gasteiger partial charge in [-0.3, -0.25) is 9.00 Å². The van der Waals surface area contributed by atoms with Crippen LogP contribution in [0.1, 0.15) is 12.5 Å². The van der Waals surface area contributed by atoms with Gasteiger partial charge in [0.1, 0.15) is 5.25 Å². The van der Waals surface area contributed by atoms with Gasteiger partial charge in [0.2, 0.25) is 5.91 Å². The summed E-state index contributed by atoms with van der Waals surface area (Å²) in [5.41, 5.74) is 1.70. The molecule has 0 aliphatic rings. The van der Waals surface area contributed by atoms with Crippen molar-refractivity contribution < 1.29 is 9.00 Å². The highest BCUT2D eigenvalue weighted by atomic mass is 35.5. The summed E-state index contributed by atoms with van der Waals surface area (Å²) >= 11 is 5.83. The van der Waals surface area contributed by atoms with Gasteiger partial charge >= 0.3 is 0 Å². The van der Waals surface area contributed by atoms with E-state index in [1.54, 1.807) is 31.0 Å². The molecule has 0 heterocycles. The summed E-state index contributed by atoms with van der Waals surface area (Å²) < 4.78 is 12.4. The minimum Gasteiger partial charge on any atom is -0.314 e. The molecule has 0 aromatic heterocycles. The number of anilines is 1. The Labute approximate surface area is 138 Å². The van der Waals surface area contributed by atoms with E-state index in [-0.39, 0.29) is 5.91 Å². The molecule has 0 aliphatic heterocycles. The molecule has 22 heavy (non-hydrogen) atoms. The molecule has 5 heteroatoms. The van der Waals surface area contributed by atoms with Crippen LogP contribution in [0.5, 0.6) is 0 Å². The third kappa shape index (κ3) is 4.18. The van der Waals surface area contributed by atoms with Crippen LogP contribution in [-0.2, 0) is 21.3 Å². The highest BCUT2D eigenvalue weighted by Crippen LogP contribution is 2.16. The molecule has 116 valence electrons. The fourth-order valence-corrected chi connectivity index (χ4v) is 3.31. The van der Waals surface area contributed by atoms with Crippen molar-refractivity contribution in [1.82, 2.24) is 0 Å². The first kappa shape index (κ1) is 16.7. The number of halogens is 1. The summed E-state index contributed by atoms with van der Waals surface area (Å²) in [6, 6.07) is 16.5. The number of hydrogen-bond donors (Lipinski definition) is 0. The molecule has 0 radical (unpaired) electrons. The number of carbonyl (C=O) groups excluding carboxylic acids is 1. The van der Waals surface area contributed by atoms with Crippen molar-refractivity contribution in [3.63, 3.8) is 0 Å². The molecule has 0 saturated carbocycles. The minimum absolute atomic E-state index is 0.154. The quantitative estimate of drug-likeness (QED) is 0.836. The van der Waals surface area contributed by atoms with E-state index < -0.39 is 16.0 Å². The molecular weight excluding hydrogens is 318 g/mol. The average molecular weight is 336 g/mol. The molecule has 3 nitrogen and oxygen atoms in total. The first-order valence-corrected chi connectivity index (χ1v) is 8.69. The summed E-state index contributed by atoms with van der Waals surface area (Å²) in [5.74, 6) is 0.186. The van der Waals surface area contributed by atoms with Gasteiger partial charge in [0, 0.05) is 34.3 Å². The van der Waals surface area contributed by atoms with E-state index in [2.05, 4.69) is 0 Å². The maximum Gasteiger partial charge on any atom is 0.242 e. The third-order valence-corrected chi connectivity index (χ3v) is 5.30. The zero-order valence-corrected chi connectivity index (χ0v) is 14.1. The fourth-order valence-electron chi connectivity index (χ4n) is 2.03. The molecule has 1 amide bonds. The number of nitrogens with zero attached hydrogens (tertiary/aromatic N) is 1. The number of hydrogen-bond acceptors (Lipinski definition) is 2. The van der Waals surface area contributed by atoms with Crippen LogP contribution >= 0.6 is 11.6 Å². The molecule has 0 N–H and O–H groups in total. The molecule has 0 bridgehead atoms. The van der Waals surface area contributed by atoms with Crippen LogP contribution in [-0.4, -0.2) is 22.4 Å². The summed E-state index contributed by atoms with van der Waals surface area (Å²) in [6.45, 7) is 1.70. The Bertz CT molecular complexity index is 658. The molecule has 0 unspecified atom stereocenters. The summed E-state index contributed by atoms with van der Waals surface area (Å²) in [5, 5.41) is 0.0725. The van der Waals surface area contributed by atoms with Gasteiger partial charge in [-0.15, -0.1) is 0 Å². The van der Waals surface area contributed by atoms with E-state index in [9.17, 15) is 9.00 Å². The van der Waals surface area contributed by atoms with E-state index in [0.717, 1.165) is 11.3 Å². The predicted molar refractivity (Wildman–Crippen MR) is 92.6 cm³/mol. The van der Waals surface area contributed by atoms with Crippen molar-refractivity contribution >= 4 is 34.0 Å². The highest BCUT2D eigenvalue weighted by molar-refractivity contribution is 7.85. The topological polar surface area (TPSA) is 37.4 Å². The van der Waals surface area contributed by atoms with Gasteiger partial charge in [0.25, 0.3) is 0 Å². The summed E-state index contributed by atoms with van der Waals surface area (Å²) in [6.07, 6.45) is 0. The number of carbonyl (C=O) groups is 1. The lowest BCUT2D eigenvalue weighted by molar-refractivity contribution is -0.117. The number of rotatable bonds is 5. The van der Waals surface area contributed by atoms with Crippen molar-refractivity contribution in [2.45, 2.75) is 17.9 Å². The largest absolute Gasteiger partial charge is 0.314 e. The molecule has 0 saturated heterocycles. The van der Waals surface area contributed by atoms with Crippen LogP contribution in [0.4, 0.5) is 5.69 Å². The number of para-hydroxylation sites is 1. The predicted octanol–water partition coefficient (Wildman–Crippen LogP) is 3.64. The van der Waals surface area contributed by atoms with E-state index in [4.69, 9.17) is 11.6 Å². The molecule has 2 rings (SSSR count). The van der Waals surface area contributed by atoms with Gasteiger partial charge in [-0.1, -0.05) is 41.9 Å². The van der Waals surface area contributed by atoms with Gasteiger partial charge in [-0.05, 0) is 36.8 Å². The Kier molecular flexibility index (Phi) is 5.75. The SMILES string of the molecule is C[C@H](C(=O)N(C)c1ccccc1)[S@@](=O)Cc1ccc(Cl)cc1. The Balaban J connectivity index is 2.03. The Morgan fingerprint density at radius 3 is 2.32 bits per heavy atom.